The number of rotatable bonds is 1. The van der Waals surface area contributed by atoms with E-state index in [1.807, 2.05) is 0 Å². The van der Waals surface area contributed by atoms with Crippen LogP contribution in [0.25, 0.3) is 0 Å². The van der Waals surface area contributed by atoms with E-state index >= 15 is 0 Å². The number of aliphatic hydroxyl groups excluding tert-OH is 1. The van der Waals surface area contributed by atoms with E-state index < -0.39 is 6.10 Å². The molecular formula is C8H6O4S. The molecule has 1 unspecified atom stereocenters. The Kier molecular flexibility index (Phi) is 1.90. The van der Waals surface area contributed by atoms with Crippen molar-refractivity contribution in [2.24, 2.45) is 0 Å². The molecule has 0 bridgehead atoms. The molecule has 0 spiro atoms. The van der Waals surface area contributed by atoms with Crippen molar-refractivity contribution in [3.05, 3.63) is 15.8 Å². The highest BCUT2D eigenvalue weighted by molar-refractivity contribution is 7.12. The Labute approximate surface area is 77.8 Å². The number of carbonyl (C=O) groups excluding carboxylic acids is 2. The second-order valence-electron chi connectivity index (χ2n) is 2.65. The lowest BCUT2D eigenvalue weighted by Gasteiger charge is -2.17. The van der Waals surface area contributed by atoms with Gasteiger partial charge in [0.05, 0.1) is 5.56 Å². The van der Waals surface area contributed by atoms with Crippen LogP contribution in [0.1, 0.15) is 20.0 Å². The summed E-state index contributed by atoms with van der Waals surface area (Å²) in [5.41, 5.74) is 0.311. The molecule has 1 atom stereocenters. The maximum atomic E-state index is 11.3. The van der Waals surface area contributed by atoms with Crippen LogP contribution in [0, 0.1) is 0 Å². The summed E-state index contributed by atoms with van der Waals surface area (Å²) in [6, 6.07) is 0. The zero-order valence-electron chi connectivity index (χ0n) is 6.52. The maximum absolute atomic E-state index is 11.3. The summed E-state index contributed by atoms with van der Waals surface area (Å²) in [4.78, 5) is 22.2. The fourth-order valence-corrected chi connectivity index (χ4v) is 1.98. The predicted molar refractivity (Wildman–Crippen MR) is 45.5 cm³/mol. The van der Waals surface area contributed by atoms with Gasteiger partial charge < -0.3 is 9.84 Å². The van der Waals surface area contributed by atoms with Crippen LogP contribution in [0.5, 0.6) is 5.75 Å². The average molecular weight is 198 g/mol. The Morgan fingerprint density at radius 1 is 1.69 bits per heavy atom. The number of thiophene rings is 1. The molecule has 2 heterocycles. The minimum Gasteiger partial charge on any atom is -0.488 e. The second kappa shape index (κ2) is 2.93. The number of hydrogen-bond acceptors (Lipinski definition) is 5. The predicted octanol–water partition coefficient (Wildman–Crippen LogP) is 0.497. The summed E-state index contributed by atoms with van der Waals surface area (Å²) in [7, 11) is 0. The number of ether oxygens (including phenoxy) is 1. The van der Waals surface area contributed by atoms with Gasteiger partial charge in [-0.1, -0.05) is 0 Å². The molecule has 0 fully saturated rings. The highest BCUT2D eigenvalue weighted by Gasteiger charge is 2.30. The van der Waals surface area contributed by atoms with Crippen molar-refractivity contribution in [2.45, 2.75) is 6.10 Å². The molecule has 13 heavy (non-hydrogen) atoms. The number of carbonyl (C=O) groups is 2. The third-order valence-corrected chi connectivity index (χ3v) is 2.72. The standard InChI is InChI=1S/C8H6O4S/c9-1-6-8-4(3-13-6)7(11)5(10)2-12-8/h1,3,5,10H,2H2. The van der Waals surface area contributed by atoms with Gasteiger partial charge in [0.1, 0.15) is 11.5 Å². The molecule has 68 valence electrons. The molecule has 1 aromatic heterocycles. The molecule has 5 heteroatoms. The molecule has 1 aromatic rings. The van der Waals surface area contributed by atoms with Gasteiger partial charge in [0.2, 0.25) is 0 Å². The number of fused-ring (bicyclic) bond motifs is 1. The first-order chi connectivity index (χ1) is 6.24. The van der Waals surface area contributed by atoms with Gasteiger partial charge in [-0.05, 0) is 0 Å². The Balaban J connectivity index is 2.51. The van der Waals surface area contributed by atoms with Gasteiger partial charge in [0, 0.05) is 5.38 Å². The van der Waals surface area contributed by atoms with Crippen molar-refractivity contribution in [3.8, 4) is 5.75 Å². The monoisotopic (exact) mass is 198 g/mol. The van der Waals surface area contributed by atoms with Gasteiger partial charge in [0.25, 0.3) is 0 Å². The number of ketones is 1. The molecule has 4 nitrogen and oxygen atoms in total. The van der Waals surface area contributed by atoms with Crippen molar-refractivity contribution in [1.82, 2.24) is 0 Å². The minimum atomic E-state index is -1.10. The van der Waals surface area contributed by atoms with Crippen LogP contribution in [0.15, 0.2) is 5.38 Å². The van der Waals surface area contributed by atoms with Gasteiger partial charge in [-0.3, -0.25) is 9.59 Å². The van der Waals surface area contributed by atoms with E-state index in [0.29, 0.717) is 22.5 Å². The summed E-state index contributed by atoms with van der Waals surface area (Å²) in [5.74, 6) is -0.0547. The van der Waals surface area contributed by atoms with Crippen LogP contribution >= 0.6 is 11.3 Å². The van der Waals surface area contributed by atoms with Crippen LogP contribution in [0.4, 0.5) is 0 Å². The lowest BCUT2D eigenvalue weighted by molar-refractivity contribution is 0.0559. The number of Topliss-reactive ketones (excluding diaryl/α,β-unsaturated/α-hetero) is 1. The highest BCUT2D eigenvalue weighted by atomic mass is 32.1. The highest BCUT2D eigenvalue weighted by Crippen LogP contribution is 2.33. The largest absolute Gasteiger partial charge is 0.488 e. The van der Waals surface area contributed by atoms with Crippen LogP contribution in [0.2, 0.25) is 0 Å². The number of hydrogen-bond donors (Lipinski definition) is 1. The van der Waals surface area contributed by atoms with E-state index in [1.165, 1.54) is 5.38 Å². The molecule has 0 aromatic carbocycles. The molecule has 1 aliphatic heterocycles. The zero-order chi connectivity index (χ0) is 9.42. The third-order valence-electron chi connectivity index (χ3n) is 1.83. The zero-order valence-corrected chi connectivity index (χ0v) is 7.34. The van der Waals surface area contributed by atoms with Gasteiger partial charge in [-0.2, -0.15) is 0 Å². The van der Waals surface area contributed by atoms with Crippen molar-refractivity contribution >= 4 is 23.4 Å². The van der Waals surface area contributed by atoms with E-state index in [9.17, 15) is 9.59 Å². The first kappa shape index (κ1) is 8.40. The van der Waals surface area contributed by atoms with E-state index in [0.717, 1.165) is 11.3 Å². The third kappa shape index (κ3) is 1.16. The maximum Gasteiger partial charge on any atom is 0.199 e. The SMILES string of the molecule is O=Cc1scc2c1OCC(O)C2=O. The Morgan fingerprint density at radius 2 is 2.46 bits per heavy atom. The van der Waals surface area contributed by atoms with E-state index in [1.54, 1.807) is 0 Å². The van der Waals surface area contributed by atoms with Gasteiger partial charge >= 0.3 is 0 Å². The van der Waals surface area contributed by atoms with Gasteiger partial charge in [-0.25, -0.2) is 0 Å². The fraction of sp³-hybridized carbons (Fsp3) is 0.250. The molecule has 1 aliphatic rings. The van der Waals surface area contributed by atoms with Crippen LogP contribution in [-0.4, -0.2) is 29.9 Å². The first-order valence-corrected chi connectivity index (χ1v) is 4.53. The first-order valence-electron chi connectivity index (χ1n) is 3.65. The summed E-state index contributed by atoms with van der Waals surface area (Å²) >= 11 is 1.15. The molecular weight excluding hydrogens is 192 g/mol. The van der Waals surface area contributed by atoms with Gasteiger partial charge in [-0.15, -0.1) is 11.3 Å². The summed E-state index contributed by atoms with van der Waals surface area (Å²) in [5, 5.41) is 10.7. The quantitative estimate of drug-likeness (QED) is 0.667. The lowest BCUT2D eigenvalue weighted by Crippen LogP contribution is -2.32. The number of aliphatic hydroxyl groups is 1. The Morgan fingerprint density at radius 3 is 3.15 bits per heavy atom. The second-order valence-corrected chi connectivity index (χ2v) is 3.56. The molecule has 1 N–H and O–H groups in total. The van der Waals surface area contributed by atoms with Crippen molar-refractivity contribution in [3.63, 3.8) is 0 Å². The van der Waals surface area contributed by atoms with E-state index in [4.69, 9.17) is 9.84 Å². The molecule has 2 rings (SSSR count). The van der Waals surface area contributed by atoms with Crippen molar-refractivity contribution in [1.29, 1.82) is 0 Å². The van der Waals surface area contributed by atoms with Gasteiger partial charge in [0.15, 0.2) is 23.9 Å². The molecule has 0 amide bonds. The molecule has 0 saturated heterocycles. The van der Waals surface area contributed by atoms with Crippen LogP contribution < -0.4 is 4.74 Å². The number of aldehydes is 1. The average Bonchev–Trinajstić information content (AvgIpc) is 2.55. The topological polar surface area (TPSA) is 63.6 Å². The van der Waals surface area contributed by atoms with Crippen molar-refractivity contribution < 1.29 is 19.4 Å². The molecule has 0 radical (unpaired) electrons. The summed E-state index contributed by atoms with van der Waals surface area (Å²) in [6.45, 7) is -0.0661. The smallest absolute Gasteiger partial charge is 0.199 e. The normalized spacial score (nSPS) is 20.7. The fourth-order valence-electron chi connectivity index (χ4n) is 1.18. The van der Waals surface area contributed by atoms with Crippen LogP contribution in [0.3, 0.4) is 0 Å². The van der Waals surface area contributed by atoms with Crippen LogP contribution in [-0.2, 0) is 0 Å². The minimum absolute atomic E-state index is 0.0661. The molecule has 0 aliphatic carbocycles. The van der Waals surface area contributed by atoms with E-state index in [2.05, 4.69) is 0 Å². The lowest BCUT2D eigenvalue weighted by atomic mass is 10.1. The molecule has 0 saturated carbocycles. The summed E-state index contributed by atoms with van der Waals surface area (Å²) < 4.78 is 5.08. The van der Waals surface area contributed by atoms with Crippen molar-refractivity contribution in [2.75, 3.05) is 6.61 Å². The Bertz CT molecular complexity index is 368. The Hall–Kier alpha value is -1.20. The van der Waals surface area contributed by atoms with E-state index in [-0.39, 0.29) is 12.4 Å². The summed E-state index contributed by atoms with van der Waals surface area (Å²) in [6.07, 6.45) is -0.448.